The van der Waals surface area contributed by atoms with Crippen molar-refractivity contribution in [3.63, 3.8) is 0 Å². The third-order valence-corrected chi connectivity index (χ3v) is 2.61. The van der Waals surface area contributed by atoms with Crippen molar-refractivity contribution in [3.8, 4) is 0 Å². The monoisotopic (exact) mass is 167 g/mol. The average molecular weight is 167 g/mol. The van der Waals surface area contributed by atoms with Gasteiger partial charge in [0.05, 0.1) is 6.04 Å². The van der Waals surface area contributed by atoms with Crippen molar-refractivity contribution in [2.45, 2.75) is 32.2 Å². The van der Waals surface area contributed by atoms with Gasteiger partial charge in [0.15, 0.2) is 5.96 Å². The van der Waals surface area contributed by atoms with E-state index in [-0.39, 0.29) is 0 Å². The highest BCUT2D eigenvalue weighted by atomic mass is 15.3. The molecule has 12 heavy (non-hydrogen) atoms. The van der Waals surface area contributed by atoms with Crippen molar-refractivity contribution < 1.29 is 0 Å². The SMILES string of the molecule is CC1CCN(C(N)=NC2CC2)C1. The van der Waals surface area contributed by atoms with Crippen LogP contribution in [-0.4, -0.2) is 30.0 Å². The molecule has 2 N–H and O–H groups in total. The Hall–Kier alpha value is -0.730. The Kier molecular flexibility index (Phi) is 1.95. The van der Waals surface area contributed by atoms with Crippen LogP contribution in [0, 0.1) is 5.92 Å². The second-order valence-corrected chi connectivity index (χ2v) is 4.06. The van der Waals surface area contributed by atoms with E-state index in [0.29, 0.717) is 6.04 Å². The predicted molar refractivity (Wildman–Crippen MR) is 50.0 cm³/mol. The van der Waals surface area contributed by atoms with Crippen LogP contribution in [0.2, 0.25) is 0 Å². The highest BCUT2D eigenvalue weighted by Crippen LogP contribution is 2.24. The molecule has 0 aromatic rings. The van der Waals surface area contributed by atoms with E-state index in [2.05, 4.69) is 16.8 Å². The van der Waals surface area contributed by atoms with Gasteiger partial charge < -0.3 is 10.6 Å². The summed E-state index contributed by atoms with van der Waals surface area (Å²) in [5, 5.41) is 0. The standard InChI is InChI=1S/C9H17N3/c1-7-4-5-12(6-7)9(10)11-8-2-3-8/h7-8H,2-6H2,1H3,(H2,10,11). The maximum atomic E-state index is 5.86. The third-order valence-electron chi connectivity index (χ3n) is 2.61. The summed E-state index contributed by atoms with van der Waals surface area (Å²) >= 11 is 0. The fourth-order valence-electron chi connectivity index (χ4n) is 1.62. The molecular formula is C9H17N3. The molecule has 0 spiro atoms. The zero-order valence-corrected chi connectivity index (χ0v) is 7.66. The molecule has 3 nitrogen and oxygen atoms in total. The smallest absolute Gasteiger partial charge is 0.191 e. The summed E-state index contributed by atoms with van der Waals surface area (Å²) in [6.45, 7) is 4.47. The maximum Gasteiger partial charge on any atom is 0.191 e. The van der Waals surface area contributed by atoms with Gasteiger partial charge in [0.1, 0.15) is 0 Å². The number of guanidine groups is 1. The van der Waals surface area contributed by atoms with Crippen LogP contribution in [0.3, 0.4) is 0 Å². The van der Waals surface area contributed by atoms with Gasteiger partial charge >= 0.3 is 0 Å². The summed E-state index contributed by atoms with van der Waals surface area (Å²) in [6, 6.07) is 0.556. The third kappa shape index (κ3) is 1.71. The first-order valence-electron chi connectivity index (χ1n) is 4.84. The van der Waals surface area contributed by atoms with Gasteiger partial charge in [0, 0.05) is 13.1 Å². The van der Waals surface area contributed by atoms with Gasteiger partial charge in [-0.3, -0.25) is 0 Å². The fraction of sp³-hybridized carbons (Fsp3) is 0.889. The van der Waals surface area contributed by atoms with E-state index in [4.69, 9.17) is 5.73 Å². The number of hydrogen-bond acceptors (Lipinski definition) is 1. The van der Waals surface area contributed by atoms with Crippen LogP contribution in [0.15, 0.2) is 4.99 Å². The summed E-state index contributed by atoms with van der Waals surface area (Å²) in [6.07, 6.45) is 3.75. The molecule has 1 aliphatic carbocycles. The lowest BCUT2D eigenvalue weighted by Gasteiger charge is -2.16. The van der Waals surface area contributed by atoms with Crippen LogP contribution >= 0.6 is 0 Å². The number of nitrogens with zero attached hydrogens (tertiary/aromatic N) is 2. The molecular weight excluding hydrogens is 150 g/mol. The largest absolute Gasteiger partial charge is 0.370 e. The van der Waals surface area contributed by atoms with Crippen LogP contribution in [0.25, 0.3) is 0 Å². The topological polar surface area (TPSA) is 41.6 Å². The van der Waals surface area contributed by atoms with Crippen molar-refractivity contribution in [1.82, 2.24) is 4.90 Å². The van der Waals surface area contributed by atoms with Crippen LogP contribution in [0.4, 0.5) is 0 Å². The van der Waals surface area contributed by atoms with Gasteiger partial charge in [-0.1, -0.05) is 6.92 Å². The lowest BCUT2D eigenvalue weighted by molar-refractivity contribution is 0.486. The number of likely N-dealkylation sites (tertiary alicyclic amines) is 1. The quantitative estimate of drug-likeness (QED) is 0.464. The molecule has 3 heteroatoms. The second kappa shape index (κ2) is 2.96. The Labute approximate surface area is 73.6 Å². The summed E-state index contributed by atoms with van der Waals surface area (Å²) in [5.41, 5.74) is 5.86. The van der Waals surface area contributed by atoms with Crippen molar-refractivity contribution in [2.75, 3.05) is 13.1 Å². The Morgan fingerprint density at radius 2 is 2.17 bits per heavy atom. The van der Waals surface area contributed by atoms with E-state index >= 15 is 0 Å². The molecule has 0 radical (unpaired) electrons. The Bertz CT molecular complexity index is 196. The van der Waals surface area contributed by atoms with Crippen LogP contribution in [-0.2, 0) is 0 Å². The highest BCUT2D eigenvalue weighted by molar-refractivity contribution is 5.78. The van der Waals surface area contributed by atoms with Gasteiger partial charge in [0.2, 0.25) is 0 Å². The summed E-state index contributed by atoms with van der Waals surface area (Å²) in [7, 11) is 0. The zero-order chi connectivity index (χ0) is 8.55. The number of rotatable bonds is 1. The van der Waals surface area contributed by atoms with E-state index < -0.39 is 0 Å². The van der Waals surface area contributed by atoms with Crippen LogP contribution in [0.1, 0.15) is 26.2 Å². The maximum absolute atomic E-state index is 5.86. The Morgan fingerprint density at radius 1 is 1.42 bits per heavy atom. The van der Waals surface area contributed by atoms with E-state index in [1.165, 1.54) is 19.3 Å². The molecule has 1 aliphatic heterocycles. The minimum absolute atomic E-state index is 0.556. The number of aliphatic imine (C=N–C) groups is 1. The Morgan fingerprint density at radius 3 is 2.67 bits per heavy atom. The molecule has 2 aliphatic rings. The Balaban J connectivity index is 1.90. The van der Waals surface area contributed by atoms with Gasteiger partial charge in [-0.05, 0) is 25.2 Å². The molecule has 0 amide bonds. The average Bonchev–Trinajstić information content (AvgIpc) is 2.72. The van der Waals surface area contributed by atoms with E-state index in [1.807, 2.05) is 0 Å². The molecule has 1 unspecified atom stereocenters. The minimum atomic E-state index is 0.556. The highest BCUT2D eigenvalue weighted by Gasteiger charge is 2.24. The first-order chi connectivity index (χ1) is 5.75. The lowest BCUT2D eigenvalue weighted by Crippen LogP contribution is -2.35. The van der Waals surface area contributed by atoms with E-state index in [0.717, 1.165) is 25.0 Å². The first-order valence-corrected chi connectivity index (χ1v) is 4.84. The molecule has 0 bridgehead atoms. The normalized spacial score (nSPS) is 31.2. The molecule has 2 fully saturated rings. The molecule has 0 aromatic carbocycles. The molecule has 1 heterocycles. The number of hydrogen-bond donors (Lipinski definition) is 1. The van der Waals surface area contributed by atoms with Gasteiger partial charge in [-0.15, -0.1) is 0 Å². The van der Waals surface area contributed by atoms with Gasteiger partial charge in [-0.2, -0.15) is 0 Å². The second-order valence-electron chi connectivity index (χ2n) is 4.06. The van der Waals surface area contributed by atoms with Crippen LogP contribution in [0.5, 0.6) is 0 Å². The fourth-order valence-corrected chi connectivity index (χ4v) is 1.62. The van der Waals surface area contributed by atoms with Crippen molar-refractivity contribution in [2.24, 2.45) is 16.6 Å². The summed E-state index contributed by atoms with van der Waals surface area (Å²) in [5.74, 6) is 1.57. The van der Waals surface area contributed by atoms with Crippen molar-refractivity contribution in [1.29, 1.82) is 0 Å². The van der Waals surface area contributed by atoms with Crippen molar-refractivity contribution in [3.05, 3.63) is 0 Å². The molecule has 1 saturated heterocycles. The lowest BCUT2D eigenvalue weighted by atomic mass is 10.2. The summed E-state index contributed by atoms with van der Waals surface area (Å²) in [4.78, 5) is 6.64. The minimum Gasteiger partial charge on any atom is -0.370 e. The van der Waals surface area contributed by atoms with Crippen molar-refractivity contribution >= 4 is 5.96 Å². The zero-order valence-electron chi connectivity index (χ0n) is 7.66. The van der Waals surface area contributed by atoms with E-state index in [9.17, 15) is 0 Å². The van der Waals surface area contributed by atoms with E-state index in [1.54, 1.807) is 0 Å². The van der Waals surface area contributed by atoms with Gasteiger partial charge in [-0.25, -0.2) is 4.99 Å². The first kappa shape index (κ1) is 7.90. The van der Waals surface area contributed by atoms with Gasteiger partial charge in [0.25, 0.3) is 0 Å². The molecule has 2 rings (SSSR count). The molecule has 1 atom stereocenters. The molecule has 68 valence electrons. The predicted octanol–water partition coefficient (Wildman–Crippen LogP) is 0.805. The number of nitrogens with two attached hydrogens (primary N) is 1. The summed E-state index contributed by atoms with van der Waals surface area (Å²) < 4.78 is 0. The molecule has 0 aromatic heterocycles. The molecule has 1 saturated carbocycles. The van der Waals surface area contributed by atoms with Crippen LogP contribution < -0.4 is 5.73 Å².